The van der Waals surface area contributed by atoms with Gasteiger partial charge in [0.05, 0.1) is 12.7 Å². The molecule has 2 aromatic rings. The number of rotatable bonds is 6. The summed E-state index contributed by atoms with van der Waals surface area (Å²) in [5.41, 5.74) is 2.86. The molecular weight excluding hydrogens is 258 g/mol. The molecule has 0 aliphatic heterocycles. The van der Waals surface area contributed by atoms with Crippen molar-refractivity contribution in [1.82, 2.24) is 0 Å². The summed E-state index contributed by atoms with van der Waals surface area (Å²) in [6, 6.07) is 22.3. The third-order valence-electron chi connectivity index (χ3n) is 3.41. The molecule has 0 unspecified atom stereocenters. The third kappa shape index (κ3) is 4.22. The molecular formula is C19H19NO. The Balaban J connectivity index is 2.07. The zero-order valence-corrected chi connectivity index (χ0v) is 12.3. The van der Waals surface area contributed by atoms with Crippen LogP contribution in [0.25, 0.3) is 5.57 Å². The quantitative estimate of drug-likeness (QED) is 0.571. The van der Waals surface area contributed by atoms with Gasteiger partial charge in [-0.2, -0.15) is 5.26 Å². The Bertz CT molecular complexity index is 624. The highest BCUT2D eigenvalue weighted by molar-refractivity contribution is 5.78. The van der Waals surface area contributed by atoms with Crippen LogP contribution in [0.2, 0.25) is 0 Å². The molecule has 0 saturated heterocycles. The monoisotopic (exact) mass is 277 g/mol. The Morgan fingerprint density at radius 2 is 1.62 bits per heavy atom. The van der Waals surface area contributed by atoms with Gasteiger partial charge in [0.15, 0.2) is 0 Å². The van der Waals surface area contributed by atoms with Crippen LogP contribution in [0.1, 0.15) is 24.0 Å². The highest BCUT2D eigenvalue weighted by Crippen LogP contribution is 2.22. The van der Waals surface area contributed by atoms with Crippen LogP contribution in [0.15, 0.2) is 66.4 Å². The molecule has 0 aliphatic rings. The first-order valence-corrected chi connectivity index (χ1v) is 7.11. The normalized spacial score (nSPS) is 11.4. The average molecular weight is 277 g/mol. The van der Waals surface area contributed by atoms with Crippen LogP contribution < -0.4 is 0 Å². The molecule has 0 amide bonds. The number of benzene rings is 2. The number of hydrogen-bond acceptors (Lipinski definition) is 2. The van der Waals surface area contributed by atoms with Gasteiger partial charge in [0.25, 0.3) is 0 Å². The van der Waals surface area contributed by atoms with Gasteiger partial charge in [0, 0.05) is 6.42 Å². The van der Waals surface area contributed by atoms with Crippen molar-refractivity contribution in [3.63, 3.8) is 0 Å². The molecule has 0 bridgehead atoms. The van der Waals surface area contributed by atoms with E-state index in [9.17, 15) is 5.26 Å². The van der Waals surface area contributed by atoms with Gasteiger partial charge < -0.3 is 4.74 Å². The molecule has 21 heavy (non-hydrogen) atoms. The van der Waals surface area contributed by atoms with Crippen LogP contribution in [0, 0.1) is 11.3 Å². The van der Waals surface area contributed by atoms with Gasteiger partial charge in [0.2, 0.25) is 0 Å². The molecule has 0 aliphatic carbocycles. The molecule has 2 heteroatoms. The summed E-state index contributed by atoms with van der Waals surface area (Å²) >= 11 is 0. The van der Waals surface area contributed by atoms with E-state index in [-0.39, 0.29) is 0 Å². The molecule has 2 rings (SSSR count). The summed E-state index contributed by atoms with van der Waals surface area (Å²) in [5, 5.41) is 9.41. The van der Waals surface area contributed by atoms with E-state index in [1.165, 1.54) is 5.56 Å². The van der Waals surface area contributed by atoms with E-state index in [2.05, 4.69) is 18.2 Å². The Morgan fingerprint density at radius 1 is 1.00 bits per heavy atom. The molecule has 2 aromatic carbocycles. The van der Waals surface area contributed by atoms with Gasteiger partial charge in [-0.05, 0) is 24.0 Å². The lowest BCUT2D eigenvalue weighted by atomic mass is 10.0. The van der Waals surface area contributed by atoms with E-state index >= 15 is 0 Å². The van der Waals surface area contributed by atoms with Gasteiger partial charge in [-0.15, -0.1) is 0 Å². The van der Waals surface area contributed by atoms with Crippen LogP contribution in [-0.2, 0) is 11.2 Å². The minimum absolute atomic E-state index is 0.631. The smallest absolute Gasteiger partial charge is 0.114 e. The van der Waals surface area contributed by atoms with Gasteiger partial charge in [0.1, 0.15) is 11.8 Å². The number of methoxy groups -OCH3 is 1. The fourth-order valence-electron chi connectivity index (χ4n) is 2.32. The van der Waals surface area contributed by atoms with Gasteiger partial charge in [-0.25, -0.2) is 0 Å². The van der Waals surface area contributed by atoms with E-state index in [1.807, 2.05) is 48.5 Å². The van der Waals surface area contributed by atoms with Crippen LogP contribution in [-0.4, -0.2) is 7.11 Å². The van der Waals surface area contributed by atoms with Crippen molar-refractivity contribution in [1.29, 1.82) is 5.26 Å². The third-order valence-corrected chi connectivity index (χ3v) is 3.41. The molecule has 106 valence electrons. The van der Waals surface area contributed by atoms with E-state index in [0.29, 0.717) is 5.57 Å². The lowest BCUT2D eigenvalue weighted by Gasteiger charge is -2.10. The maximum Gasteiger partial charge on any atom is 0.114 e. The molecule has 0 atom stereocenters. The van der Waals surface area contributed by atoms with Crippen molar-refractivity contribution < 1.29 is 4.74 Å². The van der Waals surface area contributed by atoms with E-state index in [0.717, 1.165) is 30.6 Å². The maximum atomic E-state index is 9.41. The second-order valence-electron chi connectivity index (χ2n) is 4.82. The van der Waals surface area contributed by atoms with Crippen molar-refractivity contribution in [3.8, 4) is 6.07 Å². The SMILES string of the molecule is CO/C(CCCc1ccccc1)=C(\C#N)c1ccccc1. The lowest BCUT2D eigenvalue weighted by Crippen LogP contribution is -1.95. The highest BCUT2D eigenvalue weighted by atomic mass is 16.5. The molecule has 0 fully saturated rings. The fraction of sp³-hybridized carbons (Fsp3) is 0.211. The number of ether oxygens (including phenoxy) is 1. The van der Waals surface area contributed by atoms with Crippen molar-refractivity contribution in [2.24, 2.45) is 0 Å². The van der Waals surface area contributed by atoms with Gasteiger partial charge in [-0.3, -0.25) is 0 Å². The van der Waals surface area contributed by atoms with Crippen molar-refractivity contribution in [2.45, 2.75) is 19.3 Å². The molecule has 0 aromatic heterocycles. The van der Waals surface area contributed by atoms with Crippen LogP contribution in [0.3, 0.4) is 0 Å². The summed E-state index contributed by atoms with van der Waals surface area (Å²) in [7, 11) is 1.64. The second-order valence-corrected chi connectivity index (χ2v) is 4.82. The van der Waals surface area contributed by atoms with Crippen molar-refractivity contribution >= 4 is 5.57 Å². The number of aryl methyl sites for hydroxylation is 1. The minimum Gasteiger partial charge on any atom is -0.500 e. The summed E-state index contributed by atoms with van der Waals surface area (Å²) in [4.78, 5) is 0. The predicted molar refractivity (Wildman–Crippen MR) is 85.4 cm³/mol. The van der Waals surface area contributed by atoms with E-state index in [1.54, 1.807) is 7.11 Å². The standard InChI is InChI=1S/C19H19NO/c1-21-19(14-8-11-16-9-4-2-5-10-16)18(15-20)17-12-6-3-7-13-17/h2-7,9-10,12-13H,8,11,14H2,1H3/b19-18+. The Morgan fingerprint density at radius 3 is 2.19 bits per heavy atom. The maximum absolute atomic E-state index is 9.41. The highest BCUT2D eigenvalue weighted by Gasteiger charge is 2.09. The Hall–Kier alpha value is -2.53. The molecule has 0 saturated carbocycles. The number of nitriles is 1. The van der Waals surface area contributed by atoms with Crippen LogP contribution in [0.5, 0.6) is 0 Å². The molecule has 0 radical (unpaired) electrons. The van der Waals surface area contributed by atoms with Crippen molar-refractivity contribution in [2.75, 3.05) is 7.11 Å². The molecule has 0 heterocycles. The fourth-order valence-corrected chi connectivity index (χ4v) is 2.32. The first kappa shape index (κ1) is 14.9. The summed E-state index contributed by atoms with van der Waals surface area (Å²) < 4.78 is 5.45. The Labute approximate surface area is 126 Å². The van der Waals surface area contributed by atoms with Crippen LogP contribution in [0.4, 0.5) is 0 Å². The summed E-state index contributed by atoms with van der Waals surface area (Å²) in [5.74, 6) is 0.764. The largest absolute Gasteiger partial charge is 0.500 e. The first-order chi connectivity index (χ1) is 10.3. The van der Waals surface area contributed by atoms with E-state index < -0.39 is 0 Å². The molecule has 2 nitrogen and oxygen atoms in total. The Kier molecular flexibility index (Phi) is 5.60. The van der Waals surface area contributed by atoms with Gasteiger partial charge >= 0.3 is 0 Å². The van der Waals surface area contributed by atoms with Crippen molar-refractivity contribution in [3.05, 3.63) is 77.5 Å². The molecule has 0 N–H and O–H groups in total. The number of nitrogens with zero attached hydrogens (tertiary/aromatic N) is 1. The van der Waals surface area contributed by atoms with Gasteiger partial charge in [-0.1, -0.05) is 60.7 Å². The number of hydrogen-bond donors (Lipinski definition) is 0. The predicted octanol–water partition coefficient (Wildman–Crippen LogP) is 4.59. The zero-order valence-electron chi connectivity index (χ0n) is 12.3. The lowest BCUT2D eigenvalue weighted by molar-refractivity contribution is 0.278. The molecule has 0 spiro atoms. The first-order valence-electron chi connectivity index (χ1n) is 7.11. The zero-order chi connectivity index (χ0) is 14.9. The van der Waals surface area contributed by atoms with Crippen LogP contribution >= 0.6 is 0 Å². The summed E-state index contributed by atoms with van der Waals surface area (Å²) in [6.45, 7) is 0. The minimum atomic E-state index is 0.631. The average Bonchev–Trinajstić information content (AvgIpc) is 2.56. The summed E-state index contributed by atoms with van der Waals surface area (Å²) in [6.07, 6.45) is 2.72. The topological polar surface area (TPSA) is 33.0 Å². The second kappa shape index (κ2) is 7.91. The number of allylic oxidation sites excluding steroid dienone is 2. The van der Waals surface area contributed by atoms with E-state index in [4.69, 9.17) is 4.74 Å².